The van der Waals surface area contributed by atoms with Crippen molar-refractivity contribution in [2.75, 3.05) is 43.4 Å². The molecule has 1 aromatic carbocycles. The number of hydrogen-bond acceptors (Lipinski definition) is 7. The number of carbonyl (C=O) groups excluding carboxylic acids is 2. The molecule has 10 nitrogen and oxygen atoms in total. The van der Waals surface area contributed by atoms with E-state index in [9.17, 15) is 14.0 Å². The van der Waals surface area contributed by atoms with E-state index in [1.165, 1.54) is 0 Å². The second-order valence-corrected chi connectivity index (χ2v) is 15.5. The van der Waals surface area contributed by atoms with Crippen molar-refractivity contribution in [1.82, 2.24) is 30.1 Å². The number of rotatable bonds is 8. The minimum Gasteiger partial charge on any atom is -0.355 e. The number of pyridine rings is 1. The van der Waals surface area contributed by atoms with Gasteiger partial charge < -0.3 is 25.4 Å². The molecule has 2 aromatic heterocycles. The number of halogens is 1. The number of alkyl halides is 1. The normalized spacial score (nSPS) is 26.8. The lowest BCUT2D eigenvalue weighted by Gasteiger charge is -2.48. The number of likely N-dealkylation sites (tertiary alicyclic amines) is 1. The number of imidazole rings is 1. The van der Waals surface area contributed by atoms with E-state index in [0.29, 0.717) is 24.8 Å². The molecule has 3 N–H and O–H groups in total. The minimum absolute atomic E-state index is 0.0736. The van der Waals surface area contributed by atoms with Crippen LogP contribution in [0.4, 0.5) is 15.9 Å². The highest BCUT2D eigenvalue weighted by Crippen LogP contribution is 2.51. The van der Waals surface area contributed by atoms with Gasteiger partial charge in [-0.15, -0.1) is 0 Å². The van der Waals surface area contributed by atoms with Crippen LogP contribution in [0, 0.1) is 5.92 Å². The Morgan fingerprint density at radius 2 is 1.98 bits per heavy atom. The van der Waals surface area contributed by atoms with Gasteiger partial charge in [0.1, 0.15) is 11.7 Å². The molecule has 1 unspecified atom stereocenters. The Hall–Kier alpha value is -4.09. The van der Waals surface area contributed by atoms with Gasteiger partial charge in [-0.2, -0.15) is 0 Å². The van der Waals surface area contributed by atoms with E-state index >= 15 is 0 Å². The molecule has 1 spiro atoms. The fraction of sp³-hybridized carbons (Fsp3) is 0.550. The predicted molar refractivity (Wildman–Crippen MR) is 199 cm³/mol. The number of likely N-dealkylation sites (N-methyl/N-ethyl adjacent to an activating group) is 1. The summed E-state index contributed by atoms with van der Waals surface area (Å²) >= 11 is 0. The molecule has 3 aliphatic heterocycles. The topological polar surface area (TPSA) is 107 Å². The summed E-state index contributed by atoms with van der Waals surface area (Å²) in [7, 11) is 1.66. The second kappa shape index (κ2) is 13.5. The Labute approximate surface area is 299 Å². The summed E-state index contributed by atoms with van der Waals surface area (Å²) < 4.78 is 16.5. The van der Waals surface area contributed by atoms with Crippen molar-refractivity contribution in [2.24, 2.45) is 5.92 Å². The molecular weight excluding hydrogens is 643 g/mol. The maximum Gasteiger partial charge on any atom is 0.247 e. The number of benzene rings is 1. The fourth-order valence-corrected chi connectivity index (χ4v) is 9.08. The van der Waals surface area contributed by atoms with E-state index in [4.69, 9.17) is 9.97 Å². The smallest absolute Gasteiger partial charge is 0.247 e. The summed E-state index contributed by atoms with van der Waals surface area (Å²) in [5.41, 5.74) is 6.63. The van der Waals surface area contributed by atoms with E-state index in [-0.39, 0.29) is 29.8 Å². The number of aromatic nitrogens is 3. The van der Waals surface area contributed by atoms with Crippen LogP contribution in [0.1, 0.15) is 83.7 Å². The minimum atomic E-state index is -0.750. The maximum absolute atomic E-state index is 14.6. The molecule has 270 valence electrons. The monoisotopic (exact) mass is 694 g/mol. The van der Waals surface area contributed by atoms with Crippen LogP contribution in [-0.2, 0) is 15.0 Å². The van der Waals surface area contributed by atoms with Gasteiger partial charge in [-0.25, -0.2) is 14.4 Å². The Balaban J connectivity index is 1.17. The van der Waals surface area contributed by atoms with Crippen molar-refractivity contribution in [2.45, 2.75) is 102 Å². The van der Waals surface area contributed by atoms with Crippen molar-refractivity contribution in [3.05, 3.63) is 59.6 Å². The number of anilines is 2. The van der Waals surface area contributed by atoms with E-state index < -0.39 is 11.6 Å². The van der Waals surface area contributed by atoms with Gasteiger partial charge in [-0.05, 0) is 108 Å². The molecule has 8 rings (SSSR count). The average Bonchev–Trinajstić information content (AvgIpc) is 3.65. The molecule has 5 aliphatic rings. The average molecular weight is 695 g/mol. The molecule has 1 saturated carbocycles. The first-order valence-corrected chi connectivity index (χ1v) is 19.1. The van der Waals surface area contributed by atoms with Gasteiger partial charge in [0.15, 0.2) is 5.82 Å². The molecule has 5 heterocycles. The van der Waals surface area contributed by atoms with Gasteiger partial charge in [-0.1, -0.05) is 32.1 Å². The van der Waals surface area contributed by atoms with Crippen molar-refractivity contribution >= 4 is 34.4 Å². The van der Waals surface area contributed by atoms with Crippen molar-refractivity contribution in [3.63, 3.8) is 0 Å². The van der Waals surface area contributed by atoms with Crippen LogP contribution in [0.2, 0.25) is 0 Å². The largest absolute Gasteiger partial charge is 0.355 e. The molecule has 3 fully saturated rings. The predicted octanol–water partition coefficient (Wildman–Crippen LogP) is 6.01. The molecule has 11 heteroatoms. The number of nitrogens with one attached hydrogen (secondary N) is 3. The zero-order valence-electron chi connectivity index (χ0n) is 30.3. The molecule has 3 atom stereocenters. The molecule has 2 saturated heterocycles. The third-order valence-electron chi connectivity index (χ3n) is 12.4. The number of piperidine rings is 2. The van der Waals surface area contributed by atoms with Crippen LogP contribution in [0.25, 0.3) is 22.3 Å². The lowest BCUT2D eigenvalue weighted by molar-refractivity contribution is -0.125. The van der Waals surface area contributed by atoms with Crippen LogP contribution in [-0.4, -0.2) is 82.7 Å². The van der Waals surface area contributed by atoms with Crippen LogP contribution in [0.3, 0.4) is 0 Å². The number of hydrogen-bond donors (Lipinski definition) is 3. The van der Waals surface area contributed by atoms with Crippen LogP contribution < -0.4 is 20.9 Å². The molecule has 0 bridgehead atoms. The Morgan fingerprint density at radius 3 is 2.73 bits per heavy atom. The van der Waals surface area contributed by atoms with Crippen molar-refractivity contribution in [1.29, 1.82) is 0 Å². The molecule has 3 aromatic rings. The lowest BCUT2D eigenvalue weighted by atomic mass is 9.74. The van der Waals surface area contributed by atoms with Gasteiger partial charge >= 0.3 is 0 Å². The van der Waals surface area contributed by atoms with Crippen molar-refractivity contribution < 1.29 is 14.0 Å². The first-order chi connectivity index (χ1) is 24.7. The summed E-state index contributed by atoms with van der Waals surface area (Å²) in [5, 5.41) is 9.84. The zero-order chi connectivity index (χ0) is 35.4. The highest BCUT2D eigenvalue weighted by molar-refractivity contribution is 6.09. The number of carbonyl (C=O) groups is 2. The molecule has 0 radical (unpaired) electrons. The van der Waals surface area contributed by atoms with Gasteiger partial charge in [0.2, 0.25) is 11.8 Å². The molecule has 2 amide bonds. The Bertz CT molecular complexity index is 1900. The lowest BCUT2D eigenvalue weighted by Crippen LogP contribution is -2.59. The maximum atomic E-state index is 14.6. The Kier molecular flexibility index (Phi) is 8.99. The number of nitrogens with zero attached hydrogens (tertiary/aromatic N) is 5. The van der Waals surface area contributed by atoms with Crippen LogP contribution in [0.5, 0.6) is 0 Å². The van der Waals surface area contributed by atoms with Gasteiger partial charge in [0, 0.05) is 54.2 Å². The van der Waals surface area contributed by atoms with Crippen molar-refractivity contribution in [3.8, 4) is 11.3 Å². The summed E-state index contributed by atoms with van der Waals surface area (Å²) in [6.07, 6.45) is 11.8. The van der Waals surface area contributed by atoms with Gasteiger partial charge in [0.05, 0.1) is 23.0 Å². The SMILES string of the molecule is CC[C@H](C)n1cnc2cc(-c3ccc4c(c3)N(C3CC(N5CCC[C@@H](F)C5)C3)C(=O)C43CCNCC3)nc(NC3=CCC(C)C(C(=O)NC)=C3)c21. The number of fused-ring (bicyclic) bond motifs is 3. The van der Waals surface area contributed by atoms with Crippen LogP contribution >= 0.6 is 0 Å². The molecule has 51 heavy (non-hydrogen) atoms. The third kappa shape index (κ3) is 5.86. The summed E-state index contributed by atoms with van der Waals surface area (Å²) in [6.45, 7) is 9.49. The van der Waals surface area contributed by atoms with E-state index in [2.05, 4.69) is 81.4 Å². The standard InChI is InChI=1S/C40H51FN8O2/c1-5-25(3)48-23-44-34-21-33(46-37(36(34)48)45-28-10-8-24(2)31(18-28)38(50)42-4)26-9-11-32-35(17-26)49(39(51)40(32)12-14-43-15-13-40)30-19-29(20-30)47-16-6-7-27(41)22-47/h9-11,17-18,21,23-25,27,29-30,43H,5-8,12-16,19-20,22H2,1-4H3,(H,42,50)(H,45,46)/t24?,25-,27+,29?,30?/m0/s1. The van der Waals surface area contributed by atoms with E-state index in [1.54, 1.807) is 7.05 Å². The van der Waals surface area contributed by atoms with E-state index in [0.717, 1.165) is 109 Å². The molecule has 2 aliphatic carbocycles. The van der Waals surface area contributed by atoms with E-state index in [1.807, 2.05) is 12.4 Å². The quantitative estimate of drug-likeness (QED) is 0.265. The summed E-state index contributed by atoms with van der Waals surface area (Å²) in [6, 6.07) is 9.15. The highest BCUT2D eigenvalue weighted by Gasteiger charge is 2.55. The zero-order valence-corrected chi connectivity index (χ0v) is 30.3. The first-order valence-electron chi connectivity index (χ1n) is 19.1. The number of allylic oxidation sites excluding steroid dienone is 2. The number of amides is 2. The first kappa shape index (κ1) is 34.0. The van der Waals surface area contributed by atoms with Crippen LogP contribution in [0.15, 0.2) is 54.0 Å². The highest BCUT2D eigenvalue weighted by atomic mass is 19.1. The third-order valence-corrected chi connectivity index (χ3v) is 12.4. The summed E-state index contributed by atoms with van der Waals surface area (Å²) in [5.74, 6) is 0.950. The molecular formula is C40H51FN8O2. The fourth-order valence-electron chi connectivity index (χ4n) is 9.08. The Morgan fingerprint density at radius 1 is 1.18 bits per heavy atom. The van der Waals surface area contributed by atoms with Gasteiger partial charge in [0.25, 0.3) is 0 Å². The second-order valence-electron chi connectivity index (χ2n) is 15.5. The van der Waals surface area contributed by atoms with Gasteiger partial charge in [-0.3, -0.25) is 14.5 Å². The summed E-state index contributed by atoms with van der Waals surface area (Å²) in [4.78, 5) is 41.8.